The molecule has 0 spiro atoms. The minimum atomic E-state index is -0.0452. The zero-order chi connectivity index (χ0) is 17.5. The van der Waals surface area contributed by atoms with Gasteiger partial charge in [0.05, 0.1) is 6.54 Å². The molecule has 2 N–H and O–H groups in total. The Bertz CT molecular complexity index is 578. The molecule has 1 aliphatic heterocycles. The Morgan fingerprint density at radius 3 is 2.68 bits per heavy atom. The summed E-state index contributed by atoms with van der Waals surface area (Å²) in [5, 5.41) is 6.22. The van der Waals surface area contributed by atoms with Gasteiger partial charge in [0.2, 0.25) is 5.91 Å². The number of carbonyl (C=O) groups excluding carboxylic acids is 2. The van der Waals surface area contributed by atoms with Gasteiger partial charge in [0.1, 0.15) is 0 Å². The van der Waals surface area contributed by atoms with Crippen LogP contribution in [0.25, 0.3) is 0 Å². The van der Waals surface area contributed by atoms with Crippen molar-refractivity contribution in [3.05, 3.63) is 29.8 Å². The molecule has 1 aromatic carbocycles. The molecular formula is C18H29ClN4O2. The molecule has 0 bridgehead atoms. The predicted molar refractivity (Wildman–Crippen MR) is 103 cm³/mol. The number of amides is 2. The van der Waals surface area contributed by atoms with Crippen molar-refractivity contribution in [3.63, 3.8) is 0 Å². The van der Waals surface area contributed by atoms with Crippen LogP contribution in [0, 0.1) is 0 Å². The number of hydrogen-bond donors (Lipinski definition) is 2. The van der Waals surface area contributed by atoms with E-state index in [2.05, 4.69) is 22.5 Å². The van der Waals surface area contributed by atoms with Gasteiger partial charge in [0.25, 0.3) is 5.91 Å². The van der Waals surface area contributed by atoms with Gasteiger partial charge in [-0.15, -0.1) is 12.4 Å². The molecule has 0 radical (unpaired) electrons. The molecule has 2 rings (SSSR count). The lowest BCUT2D eigenvalue weighted by Gasteiger charge is -2.33. The van der Waals surface area contributed by atoms with Crippen molar-refractivity contribution in [2.45, 2.75) is 26.8 Å². The second kappa shape index (κ2) is 10.4. The summed E-state index contributed by atoms with van der Waals surface area (Å²) in [5.74, 6) is -0.0528. The fourth-order valence-electron chi connectivity index (χ4n) is 2.93. The van der Waals surface area contributed by atoms with Crippen LogP contribution in [0.2, 0.25) is 0 Å². The van der Waals surface area contributed by atoms with Gasteiger partial charge in [-0.1, -0.05) is 6.07 Å². The van der Waals surface area contributed by atoms with E-state index >= 15 is 0 Å². The lowest BCUT2D eigenvalue weighted by Crippen LogP contribution is -2.51. The fourth-order valence-corrected chi connectivity index (χ4v) is 2.93. The number of rotatable bonds is 6. The first-order valence-corrected chi connectivity index (χ1v) is 8.69. The maximum Gasteiger partial charge on any atom is 0.253 e. The van der Waals surface area contributed by atoms with Crippen molar-refractivity contribution >= 4 is 29.9 Å². The quantitative estimate of drug-likeness (QED) is 0.804. The Morgan fingerprint density at radius 2 is 2.04 bits per heavy atom. The Labute approximate surface area is 156 Å². The number of benzene rings is 1. The molecular weight excluding hydrogens is 340 g/mol. The number of anilines is 1. The number of halogens is 1. The van der Waals surface area contributed by atoms with Crippen molar-refractivity contribution in [1.29, 1.82) is 0 Å². The SMILES string of the molecule is CCN(CC)C(=O)c1cccc(NC(=O)CN2CCNC[C@@H]2C)c1.Cl. The molecule has 140 valence electrons. The largest absolute Gasteiger partial charge is 0.339 e. The minimum Gasteiger partial charge on any atom is -0.339 e. The lowest BCUT2D eigenvalue weighted by molar-refractivity contribution is -0.118. The maximum absolute atomic E-state index is 12.4. The van der Waals surface area contributed by atoms with E-state index in [4.69, 9.17) is 0 Å². The van der Waals surface area contributed by atoms with Gasteiger partial charge in [-0.3, -0.25) is 14.5 Å². The second-order valence-electron chi connectivity index (χ2n) is 6.13. The van der Waals surface area contributed by atoms with Crippen molar-refractivity contribution in [2.75, 3.05) is 44.6 Å². The van der Waals surface area contributed by atoms with E-state index < -0.39 is 0 Å². The molecule has 7 heteroatoms. The van der Waals surface area contributed by atoms with E-state index in [1.165, 1.54) is 0 Å². The van der Waals surface area contributed by atoms with Crippen LogP contribution in [0.15, 0.2) is 24.3 Å². The molecule has 1 saturated heterocycles. The zero-order valence-corrected chi connectivity index (χ0v) is 16.1. The Hall–Kier alpha value is -1.63. The smallest absolute Gasteiger partial charge is 0.253 e. The average Bonchev–Trinajstić information content (AvgIpc) is 2.58. The van der Waals surface area contributed by atoms with Crippen LogP contribution in [0.4, 0.5) is 5.69 Å². The number of nitrogens with one attached hydrogen (secondary N) is 2. The summed E-state index contributed by atoms with van der Waals surface area (Å²) >= 11 is 0. The molecule has 6 nitrogen and oxygen atoms in total. The summed E-state index contributed by atoms with van der Waals surface area (Å²) in [4.78, 5) is 28.6. The molecule has 0 saturated carbocycles. The van der Waals surface area contributed by atoms with Gasteiger partial charge in [0.15, 0.2) is 0 Å². The molecule has 2 amide bonds. The molecule has 1 aliphatic rings. The minimum absolute atomic E-state index is 0. The number of carbonyl (C=O) groups is 2. The van der Waals surface area contributed by atoms with Crippen LogP contribution in [0.5, 0.6) is 0 Å². The van der Waals surface area contributed by atoms with Crippen LogP contribution >= 0.6 is 12.4 Å². The van der Waals surface area contributed by atoms with E-state index in [1.54, 1.807) is 23.1 Å². The van der Waals surface area contributed by atoms with Crippen molar-refractivity contribution in [3.8, 4) is 0 Å². The first-order valence-electron chi connectivity index (χ1n) is 8.69. The third-order valence-corrected chi connectivity index (χ3v) is 4.43. The van der Waals surface area contributed by atoms with Crippen molar-refractivity contribution < 1.29 is 9.59 Å². The number of nitrogens with zero attached hydrogens (tertiary/aromatic N) is 2. The Morgan fingerprint density at radius 1 is 1.32 bits per heavy atom. The van der Waals surface area contributed by atoms with Crippen LogP contribution in [0.1, 0.15) is 31.1 Å². The van der Waals surface area contributed by atoms with E-state index in [9.17, 15) is 9.59 Å². The van der Waals surface area contributed by atoms with E-state index in [0.717, 1.165) is 19.6 Å². The molecule has 25 heavy (non-hydrogen) atoms. The Kier molecular flexibility index (Phi) is 8.89. The molecule has 1 aromatic rings. The first-order chi connectivity index (χ1) is 11.5. The van der Waals surface area contributed by atoms with Gasteiger partial charge in [-0.25, -0.2) is 0 Å². The monoisotopic (exact) mass is 368 g/mol. The normalized spacial score (nSPS) is 17.5. The van der Waals surface area contributed by atoms with E-state index in [1.807, 2.05) is 19.9 Å². The second-order valence-corrected chi connectivity index (χ2v) is 6.13. The third kappa shape index (κ3) is 5.99. The summed E-state index contributed by atoms with van der Waals surface area (Å²) in [6, 6.07) is 7.51. The zero-order valence-electron chi connectivity index (χ0n) is 15.2. The highest BCUT2D eigenvalue weighted by atomic mass is 35.5. The van der Waals surface area contributed by atoms with Crippen LogP contribution in [0.3, 0.4) is 0 Å². The van der Waals surface area contributed by atoms with Crippen LogP contribution in [-0.2, 0) is 4.79 Å². The average molecular weight is 369 g/mol. The highest BCUT2D eigenvalue weighted by Gasteiger charge is 2.20. The third-order valence-electron chi connectivity index (χ3n) is 4.43. The highest BCUT2D eigenvalue weighted by molar-refractivity contribution is 5.97. The Balaban J connectivity index is 0.00000312. The van der Waals surface area contributed by atoms with Gasteiger partial charge in [-0.05, 0) is 39.0 Å². The first kappa shape index (κ1) is 21.4. The standard InChI is InChI=1S/C18H28N4O2.ClH/c1-4-21(5-2)18(24)15-7-6-8-16(11-15)20-17(23)13-22-10-9-19-12-14(22)3;/h6-8,11,14,19H,4-5,9-10,12-13H2,1-3H3,(H,20,23);1H/t14-;/m0./s1. The topological polar surface area (TPSA) is 64.7 Å². The van der Waals surface area contributed by atoms with Gasteiger partial charge in [-0.2, -0.15) is 0 Å². The van der Waals surface area contributed by atoms with Gasteiger partial charge >= 0.3 is 0 Å². The van der Waals surface area contributed by atoms with Gasteiger partial charge < -0.3 is 15.5 Å². The number of hydrogen-bond acceptors (Lipinski definition) is 4. The number of piperazine rings is 1. The molecule has 0 aliphatic carbocycles. The molecule has 0 unspecified atom stereocenters. The summed E-state index contributed by atoms with van der Waals surface area (Å²) in [6.07, 6.45) is 0. The summed E-state index contributed by atoms with van der Waals surface area (Å²) < 4.78 is 0. The van der Waals surface area contributed by atoms with Crippen molar-refractivity contribution in [2.24, 2.45) is 0 Å². The van der Waals surface area contributed by atoms with E-state index in [-0.39, 0.29) is 24.2 Å². The lowest BCUT2D eigenvalue weighted by atomic mass is 10.1. The molecule has 1 fully saturated rings. The van der Waals surface area contributed by atoms with E-state index in [0.29, 0.717) is 36.9 Å². The summed E-state index contributed by atoms with van der Waals surface area (Å²) in [5.41, 5.74) is 1.27. The summed E-state index contributed by atoms with van der Waals surface area (Å²) in [7, 11) is 0. The highest BCUT2D eigenvalue weighted by Crippen LogP contribution is 2.13. The van der Waals surface area contributed by atoms with Crippen LogP contribution in [-0.4, -0.2) is 66.9 Å². The fraction of sp³-hybridized carbons (Fsp3) is 0.556. The maximum atomic E-state index is 12.4. The molecule has 1 heterocycles. The summed E-state index contributed by atoms with van der Waals surface area (Å²) in [6.45, 7) is 10.4. The molecule has 0 aromatic heterocycles. The van der Waals surface area contributed by atoms with Crippen LogP contribution < -0.4 is 10.6 Å². The molecule has 1 atom stereocenters. The van der Waals surface area contributed by atoms with Crippen molar-refractivity contribution in [1.82, 2.24) is 15.1 Å². The van der Waals surface area contributed by atoms with Gasteiger partial charge in [0, 0.05) is 50.0 Å². The predicted octanol–water partition coefficient (Wildman–Crippen LogP) is 1.82.